The molecule has 0 saturated carbocycles. The van der Waals surface area contributed by atoms with Crippen LogP contribution in [-0.4, -0.2) is 91.3 Å². The van der Waals surface area contributed by atoms with Gasteiger partial charge in [-0.05, 0) is 40.9 Å². The number of aromatic nitrogens is 1. The summed E-state index contributed by atoms with van der Waals surface area (Å²) in [6.45, 7) is 7.76. The third kappa shape index (κ3) is 4.34. The minimum Gasteiger partial charge on any atom is -0.396 e. The Morgan fingerprint density at radius 1 is 1.25 bits per heavy atom. The van der Waals surface area contributed by atoms with Gasteiger partial charge in [-0.15, -0.1) is 0 Å². The number of aryl methyl sites for hydroxylation is 2. The molecule has 1 aliphatic heterocycles. The van der Waals surface area contributed by atoms with Crippen molar-refractivity contribution >= 4 is 5.91 Å². The minimum absolute atomic E-state index is 0.0388. The third-order valence-electron chi connectivity index (χ3n) is 4.82. The van der Waals surface area contributed by atoms with Crippen molar-refractivity contribution in [1.29, 1.82) is 0 Å². The van der Waals surface area contributed by atoms with Crippen LogP contribution in [0.3, 0.4) is 0 Å². The van der Waals surface area contributed by atoms with Crippen molar-refractivity contribution in [3.8, 4) is 0 Å². The van der Waals surface area contributed by atoms with Crippen LogP contribution in [0.15, 0.2) is 4.52 Å². The van der Waals surface area contributed by atoms with Crippen molar-refractivity contribution in [3.63, 3.8) is 0 Å². The second-order valence-corrected chi connectivity index (χ2v) is 7.18. The van der Waals surface area contributed by atoms with Gasteiger partial charge in [-0.2, -0.15) is 0 Å². The first-order valence-electron chi connectivity index (χ1n) is 8.49. The largest absolute Gasteiger partial charge is 0.396 e. The highest BCUT2D eigenvalue weighted by Crippen LogP contribution is 2.27. The van der Waals surface area contributed by atoms with Gasteiger partial charge in [0.05, 0.1) is 5.69 Å². The highest BCUT2D eigenvalue weighted by atomic mass is 16.5. The lowest BCUT2D eigenvalue weighted by atomic mass is 9.96. The Bertz CT molecular complexity index is 539. The highest BCUT2D eigenvalue weighted by molar-refractivity contribution is 5.96. The van der Waals surface area contributed by atoms with Crippen LogP contribution in [0.25, 0.3) is 0 Å². The molecule has 136 valence electrons. The van der Waals surface area contributed by atoms with Crippen molar-refractivity contribution in [1.82, 2.24) is 19.9 Å². The lowest BCUT2D eigenvalue weighted by Crippen LogP contribution is -2.35. The molecule has 1 fully saturated rings. The molecule has 2 rings (SSSR count). The molecule has 0 aliphatic carbocycles. The summed E-state index contributed by atoms with van der Waals surface area (Å²) in [7, 11) is 6.21. The smallest absolute Gasteiger partial charge is 0.259 e. The van der Waals surface area contributed by atoms with Gasteiger partial charge in [0.1, 0.15) is 11.3 Å². The number of rotatable bonds is 7. The SMILES string of the molecule is Cc1noc(C)c1C(=O)N1C[C@@H](CN(C)CCN(C)C)[C@@H](CO)C1. The summed E-state index contributed by atoms with van der Waals surface area (Å²) >= 11 is 0. The first kappa shape index (κ1) is 18.9. The number of hydrogen-bond donors (Lipinski definition) is 1. The first-order valence-corrected chi connectivity index (χ1v) is 8.49. The van der Waals surface area contributed by atoms with Crippen LogP contribution in [-0.2, 0) is 0 Å². The van der Waals surface area contributed by atoms with E-state index in [1.54, 1.807) is 13.8 Å². The van der Waals surface area contributed by atoms with Crippen LogP contribution < -0.4 is 0 Å². The molecule has 1 aliphatic rings. The number of carbonyl (C=O) groups excluding carboxylic acids is 1. The standard InChI is InChI=1S/C17H30N4O3/c1-12-16(13(2)24-18-12)17(23)21-9-14(15(10-21)11-22)8-20(5)7-6-19(3)4/h14-15,22H,6-11H2,1-5H3/t14-,15-/m1/s1. The zero-order valence-electron chi connectivity index (χ0n) is 15.4. The van der Waals surface area contributed by atoms with E-state index in [1.165, 1.54) is 0 Å². The van der Waals surface area contributed by atoms with E-state index in [0.717, 1.165) is 19.6 Å². The molecular weight excluding hydrogens is 308 g/mol. The molecule has 0 spiro atoms. The van der Waals surface area contributed by atoms with Crippen LogP contribution in [0.5, 0.6) is 0 Å². The fraction of sp³-hybridized carbons (Fsp3) is 0.765. The summed E-state index contributed by atoms with van der Waals surface area (Å²) in [6, 6.07) is 0. The Morgan fingerprint density at radius 3 is 2.46 bits per heavy atom. The van der Waals surface area contributed by atoms with Crippen molar-refractivity contribution in [2.24, 2.45) is 11.8 Å². The average Bonchev–Trinajstić information content (AvgIpc) is 3.08. The van der Waals surface area contributed by atoms with Gasteiger partial charge in [0.15, 0.2) is 0 Å². The van der Waals surface area contributed by atoms with Gasteiger partial charge in [0.2, 0.25) is 0 Å². The van der Waals surface area contributed by atoms with Crippen molar-refractivity contribution in [2.45, 2.75) is 13.8 Å². The number of amides is 1. The number of aliphatic hydroxyl groups excluding tert-OH is 1. The van der Waals surface area contributed by atoms with E-state index in [0.29, 0.717) is 30.1 Å². The summed E-state index contributed by atoms with van der Waals surface area (Å²) in [5, 5.41) is 13.6. The molecule has 1 aromatic heterocycles. The summed E-state index contributed by atoms with van der Waals surface area (Å²) in [5.41, 5.74) is 1.19. The zero-order valence-corrected chi connectivity index (χ0v) is 15.4. The van der Waals surface area contributed by atoms with Crippen LogP contribution in [0.1, 0.15) is 21.8 Å². The van der Waals surface area contributed by atoms with Gasteiger partial charge >= 0.3 is 0 Å². The monoisotopic (exact) mass is 338 g/mol. The van der Waals surface area contributed by atoms with Gasteiger partial charge in [0, 0.05) is 45.2 Å². The van der Waals surface area contributed by atoms with Crippen molar-refractivity contribution in [3.05, 3.63) is 17.0 Å². The summed E-state index contributed by atoms with van der Waals surface area (Å²) in [4.78, 5) is 19.0. The van der Waals surface area contributed by atoms with Gasteiger partial charge in [-0.25, -0.2) is 0 Å². The van der Waals surface area contributed by atoms with Crippen LogP contribution in [0.2, 0.25) is 0 Å². The van der Waals surface area contributed by atoms with E-state index in [4.69, 9.17) is 4.52 Å². The average molecular weight is 338 g/mol. The molecule has 24 heavy (non-hydrogen) atoms. The van der Waals surface area contributed by atoms with E-state index in [-0.39, 0.29) is 24.3 Å². The van der Waals surface area contributed by atoms with Gasteiger partial charge < -0.3 is 24.3 Å². The number of nitrogens with zero attached hydrogens (tertiary/aromatic N) is 4. The lowest BCUT2D eigenvalue weighted by Gasteiger charge is -2.25. The predicted octanol–water partition coefficient (Wildman–Crippen LogP) is 0.465. The van der Waals surface area contributed by atoms with Gasteiger partial charge in [-0.3, -0.25) is 4.79 Å². The number of hydrogen-bond acceptors (Lipinski definition) is 6. The fourth-order valence-electron chi connectivity index (χ4n) is 3.33. The maximum absolute atomic E-state index is 12.8. The molecular formula is C17H30N4O3. The quantitative estimate of drug-likeness (QED) is 0.779. The molecule has 7 heteroatoms. The van der Waals surface area contributed by atoms with Gasteiger partial charge in [0.25, 0.3) is 5.91 Å². The van der Waals surface area contributed by atoms with E-state index in [1.807, 2.05) is 4.90 Å². The normalized spacial score (nSPS) is 21.2. The third-order valence-corrected chi connectivity index (χ3v) is 4.82. The van der Waals surface area contributed by atoms with E-state index < -0.39 is 0 Å². The Balaban J connectivity index is 1.99. The molecule has 1 saturated heterocycles. The highest BCUT2D eigenvalue weighted by Gasteiger charge is 2.37. The lowest BCUT2D eigenvalue weighted by molar-refractivity contribution is 0.0777. The molecule has 1 N–H and O–H groups in total. The maximum Gasteiger partial charge on any atom is 0.259 e. The molecule has 2 atom stereocenters. The number of likely N-dealkylation sites (tertiary alicyclic amines) is 1. The molecule has 0 aromatic carbocycles. The van der Waals surface area contributed by atoms with E-state index >= 15 is 0 Å². The zero-order chi connectivity index (χ0) is 17.9. The van der Waals surface area contributed by atoms with Crippen LogP contribution in [0.4, 0.5) is 0 Å². The fourth-order valence-corrected chi connectivity index (χ4v) is 3.33. The summed E-state index contributed by atoms with van der Waals surface area (Å²) in [5.74, 6) is 0.926. The maximum atomic E-state index is 12.8. The minimum atomic E-state index is -0.0388. The van der Waals surface area contributed by atoms with Crippen molar-refractivity contribution in [2.75, 3.05) is 60.5 Å². The Kier molecular flexibility index (Phi) is 6.37. The second-order valence-electron chi connectivity index (χ2n) is 7.18. The van der Waals surface area contributed by atoms with E-state index in [2.05, 4.69) is 36.1 Å². The first-order chi connectivity index (χ1) is 11.3. The summed E-state index contributed by atoms with van der Waals surface area (Å²) < 4.78 is 5.12. The van der Waals surface area contributed by atoms with Gasteiger partial charge in [-0.1, -0.05) is 5.16 Å². The Labute approximate surface area is 144 Å². The van der Waals surface area contributed by atoms with E-state index in [9.17, 15) is 9.90 Å². The topological polar surface area (TPSA) is 73.1 Å². The van der Waals surface area contributed by atoms with Crippen LogP contribution in [0, 0.1) is 25.7 Å². The van der Waals surface area contributed by atoms with Crippen LogP contribution >= 0.6 is 0 Å². The molecule has 0 unspecified atom stereocenters. The molecule has 2 heterocycles. The number of aliphatic hydroxyl groups is 1. The Morgan fingerprint density at radius 2 is 1.92 bits per heavy atom. The molecule has 1 amide bonds. The predicted molar refractivity (Wildman–Crippen MR) is 92.0 cm³/mol. The second kappa shape index (κ2) is 8.09. The van der Waals surface area contributed by atoms with Crippen molar-refractivity contribution < 1.29 is 14.4 Å². The molecule has 0 bridgehead atoms. The molecule has 7 nitrogen and oxygen atoms in total. The molecule has 1 aromatic rings. The number of carbonyl (C=O) groups is 1. The number of likely N-dealkylation sites (N-methyl/N-ethyl adjacent to an activating group) is 2. The summed E-state index contributed by atoms with van der Waals surface area (Å²) in [6.07, 6.45) is 0. The Hall–Kier alpha value is -1.44. The molecule has 0 radical (unpaired) electrons.